The number of nitrogens with zero attached hydrogens (tertiary/aromatic N) is 2. The largest absolute Gasteiger partial charge is 0.384 e. The van der Waals surface area contributed by atoms with Gasteiger partial charge in [-0.1, -0.05) is 17.5 Å². The Kier molecular flexibility index (Phi) is 8.36. The maximum Gasteiger partial charge on any atom is 0.211 e. The molecule has 0 bridgehead atoms. The number of aliphatic hydroxyl groups is 1. The van der Waals surface area contributed by atoms with Gasteiger partial charge in [-0.15, -0.1) is 0 Å². The van der Waals surface area contributed by atoms with Gasteiger partial charge in [0, 0.05) is 45.4 Å². The van der Waals surface area contributed by atoms with Crippen LogP contribution in [0.2, 0.25) is 5.02 Å². The smallest absolute Gasteiger partial charge is 0.211 e. The molecular weight excluding hydrogens is 566 g/mol. The van der Waals surface area contributed by atoms with Gasteiger partial charge >= 0.3 is 0 Å². The molecule has 172 valence electrons. The van der Waals surface area contributed by atoms with E-state index in [0.29, 0.717) is 29.9 Å². The van der Waals surface area contributed by atoms with Gasteiger partial charge in [-0.25, -0.2) is 4.39 Å². The average molecular weight is 591 g/mol. The molecule has 0 aliphatic heterocycles. The number of amides is 1. The summed E-state index contributed by atoms with van der Waals surface area (Å²) in [6.45, 7) is 2.06. The molecule has 1 aromatic heterocycles. The second-order valence-corrected chi connectivity index (χ2v) is 10.4. The lowest BCUT2D eigenvalue weighted by molar-refractivity contribution is -0.105. The summed E-state index contributed by atoms with van der Waals surface area (Å²) in [5.41, 5.74) is 8.01. The number of fused-ring (bicyclic) bond motifs is 1. The summed E-state index contributed by atoms with van der Waals surface area (Å²) < 4.78 is 14.3. The van der Waals surface area contributed by atoms with Crippen molar-refractivity contribution in [2.24, 2.45) is 18.9 Å². The van der Waals surface area contributed by atoms with Crippen molar-refractivity contribution in [3.8, 4) is 11.2 Å². The molecule has 1 aromatic carbocycles. The van der Waals surface area contributed by atoms with Crippen LogP contribution in [0.3, 0.4) is 0 Å². The molecule has 2 fully saturated rings. The highest BCUT2D eigenvalue weighted by Crippen LogP contribution is 2.54. The number of hydrogen-bond acceptors (Lipinski definition) is 5. The Bertz CT molecular complexity index is 1040. The van der Waals surface area contributed by atoms with Gasteiger partial charge in [-0.2, -0.15) is 5.10 Å². The summed E-state index contributed by atoms with van der Waals surface area (Å²) in [6.07, 6.45) is 4.32. The third-order valence-corrected chi connectivity index (χ3v) is 7.40. The fraction of sp³-hybridized carbons (Fsp3) is 0.455. The number of nitrogens with one attached hydrogen (secondary N) is 1. The number of anilines is 2. The van der Waals surface area contributed by atoms with E-state index < -0.39 is 11.4 Å². The number of nitrogen functional groups attached to an aromatic ring is 1. The van der Waals surface area contributed by atoms with Crippen LogP contribution in [0.25, 0.3) is 0 Å². The maximum absolute atomic E-state index is 12.5. The zero-order valence-electron chi connectivity index (χ0n) is 17.7. The van der Waals surface area contributed by atoms with Crippen LogP contribution in [-0.2, 0) is 11.8 Å². The fourth-order valence-electron chi connectivity index (χ4n) is 4.81. The molecule has 1 amide bonds. The van der Waals surface area contributed by atoms with E-state index in [4.69, 9.17) is 17.3 Å². The SMILES string of the molecule is Cc1c(C2CC3CC(O)(C#CSI)CC3C2)nn(C)c1N.O=CNc1ccc(F)c(Cl)c1. The van der Waals surface area contributed by atoms with Crippen molar-refractivity contribution >= 4 is 59.7 Å². The summed E-state index contributed by atoms with van der Waals surface area (Å²) in [7, 11) is 3.34. The number of nitrogens with two attached hydrogens (primary N) is 1. The monoisotopic (exact) mass is 590 g/mol. The number of carbonyl (C=O) groups is 1. The Balaban J connectivity index is 0.000000222. The molecule has 4 rings (SSSR count). The number of hydrogen-bond donors (Lipinski definition) is 3. The summed E-state index contributed by atoms with van der Waals surface area (Å²) in [5.74, 6) is 4.92. The molecule has 0 saturated heterocycles. The highest BCUT2D eigenvalue weighted by atomic mass is 127. The van der Waals surface area contributed by atoms with E-state index in [0.717, 1.165) is 42.8 Å². The molecule has 2 saturated carbocycles. The predicted molar refractivity (Wildman–Crippen MR) is 136 cm³/mol. The van der Waals surface area contributed by atoms with Gasteiger partial charge in [-0.05, 0) is 76.8 Å². The number of halogens is 3. The molecule has 6 nitrogen and oxygen atoms in total. The van der Waals surface area contributed by atoms with Crippen molar-refractivity contribution in [3.63, 3.8) is 0 Å². The van der Waals surface area contributed by atoms with E-state index in [-0.39, 0.29) is 5.02 Å². The molecular formula is C22H25ClFIN4O2S. The minimum atomic E-state index is -0.767. The van der Waals surface area contributed by atoms with Crippen LogP contribution in [0.4, 0.5) is 15.9 Å². The highest BCUT2D eigenvalue weighted by molar-refractivity contribution is 14.2. The van der Waals surface area contributed by atoms with Crippen LogP contribution in [0.5, 0.6) is 0 Å². The van der Waals surface area contributed by atoms with E-state index in [2.05, 4.69) is 49.7 Å². The van der Waals surface area contributed by atoms with Gasteiger partial charge in [0.2, 0.25) is 6.41 Å². The number of carbonyl (C=O) groups excluding carboxylic acids is 1. The highest BCUT2D eigenvalue weighted by Gasteiger charge is 2.49. The summed E-state index contributed by atoms with van der Waals surface area (Å²) >= 11 is 7.56. The molecule has 2 aliphatic rings. The van der Waals surface area contributed by atoms with Crippen LogP contribution >= 0.6 is 41.7 Å². The molecule has 2 atom stereocenters. The minimum Gasteiger partial charge on any atom is -0.384 e. The Labute approximate surface area is 208 Å². The normalized spacial score (nSPS) is 25.9. The predicted octanol–water partition coefficient (Wildman–Crippen LogP) is 5.04. The number of benzene rings is 1. The van der Waals surface area contributed by atoms with Gasteiger partial charge in [0.05, 0.1) is 10.7 Å². The second kappa shape index (κ2) is 10.6. The van der Waals surface area contributed by atoms with E-state index in [1.165, 1.54) is 27.1 Å². The Morgan fingerprint density at radius 1 is 1.44 bits per heavy atom. The molecule has 2 aromatic rings. The number of rotatable bonds is 3. The molecule has 2 aliphatic carbocycles. The summed E-state index contributed by atoms with van der Waals surface area (Å²) in [6, 6.07) is 3.95. The van der Waals surface area contributed by atoms with Gasteiger partial charge in [0.1, 0.15) is 17.2 Å². The lowest BCUT2D eigenvalue weighted by Gasteiger charge is -2.18. The first-order valence-electron chi connectivity index (χ1n) is 10.1. The van der Waals surface area contributed by atoms with E-state index in [1.807, 2.05) is 7.05 Å². The van der Waals surface area contributed by atoms with Crippen LogP contribution in [0, 0.1) is 35.7 Å². The first kappa shape index (κ1) is 25.1. The molecule has 1 heterocycles. The third kappa shape index (κ3) is 5.71. The van der Waals surface area contributed by atoms with Gasteiger partial charge in [-0.3, -0.25) is 9.48 Å². The van der Waals surface area contributed by atoms with Crippen molar-refractivity contribution < 1.29 is 14.3 Å². The summed E-state index contributed by atoms with van der Waals surface area (Å²) in [5, 5.41) is 20.5. The third-order valence-electron chi connectivity index (χ3n) is 6.27. The standard InChI is InChI=1S/C15H20IN3OS.C7H5ClFNO/c1-9-13(18-19(2)14(9)17)10-5-11-7-15(20,3-4-21-16)8-12(11)6-10;8-6-3-5(10-4-11)1-2-7(6)9/h10-12,20H,5-8,17H2,1-2H3;1-4H,(H,10,11). The van der Waals surface area contributed by atoms with E-state index in [1.54, 1.807) is 4.68 Å². The first-order chi connectivity index (χ1) is 15.2. The lowest BCUT2D eigenvalue weighted by Crippen LogP contribution is -2.23. The zero-order chi connectivity index (χ0) is 23.5. The maximum atomic E-state index is 12.5. The van der Waals surface area contributed by atoms with Crippen molar-refractivity contribution in [1.82, 2.24) is 9.78 Å². The quantitative estimate of drug-likeness (QED) is 0.265. The molecule has 0 radical (unpaired) electrons. The number of aromatic nitrogens is 2. The van der Waals surface area contributed by atoms with Crippen LogP contribution in [-0.4, -0.2) is 26.9 Å². The molecule has 10 heteroatoms. The van der Waals surface area contributed by atoms with Gasteiger partial charge in [0.25, 0.3) is 0 Å². The molecule has 32 heavy (non-hydrogen) atoms. The van der Waals surface area contributed by atoms with Crippen molar-refractivity contribution in [2.75, 3.05) is 11.1 Å². The zero-order valence-corrected chi connectivity index (χ0v) is 21.5. The minimum absolute atomic E-state index is 0.00292. The van der Waals surface area contributed by atoms with Crippen LogP contribution < -0.4 is 11.1 Å². The first-order valence-corrected chi connectivity index (χ1v) is 13.9. The van der Waals surface area contributed by atoms with E-state index in [9.17, 15) is 14.3 Å². The summed E-state index contributed by atoms with van der Waals surface area (Å²) in [4.78, 5) is 9.92. The second-order valence-electron chi connectivity index (χ2n) is 8.34. The van der Waals surface area contributed by atoms with Crippen molar-refractivity contribution in [3.05, 3.63) is 40.3 Å². The molecule has 4 N–H and O–H groups in total. The fourth-order valence-corrected chi connectivity index (χ4v) is 5.55. The molecule has 0 spiro atoms. The Morgan fingerprint density at radius 2 is 2.09 bits per heavy atom. The molecule has 2 unspecified atom stereocenters. The van der Waals surface area contributed by atoms with Gasteiger partial charge in [0.15, 0.2) is 0 Å². The average Bonchev–Trinajstić information content (AvgIpc) is 3.35. The van der Waals surface area contributed by atoms with E-state index >= 15 is 0 Å². The topological polar surface area (TPSA) is 93.2 Å². The van der Waals surface area contributed by atoms with Crippen LogP contribution in [0.15, 0.2) is 18.2 Å². The number of aryl methyl sites for hydroxylation is 1. The van der Waals surface area contributed by atoms with Gasteiger partial charge < -0.3 is 16.2 Å². The van der Waals surface area contributed by atoms with Crippen molar-refractivity contribution in [1.29, 1.82) is 0 Å². The van der Waals surface area contributed by atoms with Crippen molar-refractivity contribution in [2.45, 2.75) is 44.1 Å². The van der Waals surface area contributed by atoms with Crippen LogP contribution in [0.1, 0.15) is 42.9 Å². The lowest BCUT2D eigenvalue weighted by atomic mass is 9.92. The Morgan fingerprint density at radius 3 is 2.59 bits per heavy atom. The Hall–Kier alpha value is -1.48.